The fourth-order valence-corrected chi connectivity index (χ4v) is 2.56. The molecule has 0 atom stereocenters. The molecule has 1 aliphatic rings. The fraction of sp³-hybridized carbons (Fsp3) is 0.533. The highest BCUT2D eigenvalue weighted by Crippen LogP contribution is 2.38. The summed E-state index contributed by atoms with van der Waals surface area (Å²) in [6, 6.07) is 9.05. The molecule has 0 bridgehead atoms. The first-order chi connectivity index (χ1) is 9.99. The van der Waals surface area contributed by atoms with E-state index in [9.17, 15) is 13.2 Å². The van der Waals surface area contributed by atoms with Crippen LogP contribution in [0.4, 0.5) is 18.9 Å². The molecule has 1 aliphatic carbocycles. The number of nitrogens with one attached hydrogen (secondary N) is 1. The lowest BCUT2D eigenvalue weighted by Crippen LogP contribution is -2.32. The van der Waals surface area contributed by atoms with Gasteiger partial charge in [0.1, 0.15) is 11.8 Å². The molecule has 3 nitrogen and oxygen atoms in total. The van der Waals surface area contributed by atoms with Gasteiger partial charge >= 0.3 is 6.18 Å². The normalized spacial score (nSPS) is 22.4. The van der Waals surface area contributed by atoms with Crippen molar-refractivity contribution in [2.24, 2.45) is 5.92 Å². The Morgan fingerprint density at radius 1 is 1.14 bits per heavy atom. The first-order valence-corrected chi connectivity index (χ1v) is 6.92. The van der Waals surface area contributed by atoms with Crippen molar-refractivity contribution in [1.29, 1.82) is 5.26 Å². The smallest absolute Gasteiger partial charge is 0.391 e. The quantitative estimate of drug-likeness (QED) is 0.909. The van der Waals surface area contributed by atoms with Crippen molar-refractivity contribution in [2.45, 2.75) is 37.9 Å². The van der Waals surface area contributed by atoms with Gasteiger partial charge in [0.15, 0.2) is 6.61 Å². The zero-order chi connectivity index (χ0) is 15.3. The van der Waals surface area contributed by atoms with Crippen LogP contribution in [0.3, 0.4) is 0 Å². The van der Waals surface area contributed by atoms with Crippen molar-refractivity contribution < 1.29 is 17.9 Å². The van der Waals surface area contributed by atoms with Crippen LogP contribution in [0.15, 0.2) is 24.3 Å². The molecular weight excluding hydrogens is 281 g/mol. The van der Waals surface area contributed by atoms with Crippen molar-refractivity contribution in [3.8, 4) is 11.8 Å². The second-order valence-electron chi connectivity index (χ2n) is 5.21. The Morgan fingerprint density at radius 3 is 2.29 bits per heavy atom. The minimum atomic E-state index is -4.06. The molecule has 0 radical (unpaired) electrons. The van der Waals surface area contributed by atoms with Crippen LogP contribution in [0.25, 0.3) is 0 Å². The average molecular weight is 298 g/mol. The molecule has 2 rings (SSSR count). The van der Waals surface area contributed by atoms with Gasteiger partial charge < -0.3 is 10.1 Å². The summed E-state index contributed by atoms with van der Waals surface area (Å²) in [6.45, 7) is -0.00572. The molecule has 1 aromatic rings. The molecule has 0 saturated heterocycles. The summed E-state index contributed by atoms with van der Waals surface area (Å²) in [5.74, 6) is -0.555. The minimum absolute atomic E-state index is 0.00572. The van der Waals surface area contributed by atoms with Crippen molar-refractivity contribution >= 4 is 5.69 Å². The number of ether oxygens (including phenoxy) is 1. The van der Waals surface area contributed by atoms with Crippen molar-refractivity contribution in [2.75, 3.05) is 11.9 Å². The maximum Gasteiger partial charge on any atom is 0.391 e. The number of benzene rings is 1. The molecule has 0 amide bonds. The first-order valence-electron chi connectivity index (χ1n) is 6.92. The predicted octanol–water partition coefficient (Wildman–Crippen LogP) is 4.12. The van der Waals surface area contributed by atoms with Gasteiger partial charge in [0.05, 0.1) is 5.92 Å². The molecule has 1 fully saturated rings. The van der Waals surface area contributed by atoms with Crippen LogP contribution in [0, 0.1) is 17.2 Å². The lowest BCUT2D eigenvalue weighted by atomic mass is 9.85. The number of hydrogen-bond acceptors (Lipinski definition) is 3. The standard InChI is InChI=1S/C15H17F3N2O/c16-15(17,18)11-1-3-12(4-2-11)20-13-5-7-14(8-6-13)21-10-9-19/h5-8,11-12,20H,1-4,10H2. The number of halogens is 3. The van der Waals surface area contributed by atoms with E-state index < -0.39 is 12.1 Å². The van der Waals surface area contributed by atoms with Gasteiger partial charge in [-0.25, -0.2) is 0 Å². The fourth-order valence-electron chi connectivity index (χ4n) is 2.56. The second-order valence-corrected chi connectivity index (χ2v) is 5.21. The molecule has 0 unspecified atom stereocenters. The molecule has 1 N–H and O–H groups in total. The maximum atomic E-state index is 12.6. The van der Waals surface area contributed by atoms with E-state index in [1.54, 1.807) is 12.1 Å². The van der Waals surface area contributed by atoms with Gasteiger partial charge in [-0.05, 0) is 49.9 Å². The van der Waals surface area contributed by atoms with Gasteiger partial charge in [0.25, 0.3) is 0 Å². The van der Waals surface area contributed by atoms with Crippen LogP contribution in [-0.4, -0.2) is 18.8 Å². The Labute approximate surface area is 121 Å². The van der Waals surface area contributed by atoms with E-state index in [1.165, 1.54) is 0 Å². The Balaban J connectivity index is 1.82. The summed E-state index contributed by atoms with van der Waals surface area (Å²) < 4.78 is 42.9. The van der Waals surface area contributed by atoms with E-state index in [-0.39, 0.29) is 25.5 Å². The second kappa shape index (κ2) is 6.70. The molecule has 1 saturated carbocycles. The Bertz CT molecular complexity index is 485. The highest BCUT2D eigenvalue weighted by molar-refractivity contribution is 5.47. The van der Waals surface area contributed by atoms with Crippen LogP contribution in [-0.2, 0) is 0 Å². The zero-order valence-corrected chi connectivity index (χ0v) is 11.5. The summed E-state index contributed by atoms with van der Waals surface area (Å²) in [5.41, 5.74) is 0.856. The highest BCUT2D eigenvalue weighted by Gasteiger charge is 2.41. The number of anilines is 1. The van der Waals surface area contributed by atoms with Gasteiger partial charge in [-0.2, -0.15) is 18.4 Å². The molecule has 114 valence electrons. The number of nitrogens with zero attached hydrogens (tertiary/aromatic N) is 1. The van der Waals surface area contributed by atoms with Crippen molar-refractivity contribution in [3.05, 3.63) is 24.3 Å². The third-order valence-electron chi connectivity index (χ3n) is 3.72. The van der Waals surface area contributed by atoms with Crippen molar-refractivity contribution in [3.63, 3.8) is 0 Å². The topological polar surface area (TPSA) is 45.0 Å². The molecule has 0 aliphatic heterocycles. The first kappa shape index (κ1) is 15.5. The van der Waals surface area contributed by atoms with Gasteiger partial charge in [0.2, 0.25) is 0 Å². The average Bonchev–Trinajstić information content (AvgIpc) is 2.46. The number of rotatable bonds is 4. The van der Waals surface area contributed by atoms with Gasteiger partial charge in [-0.1, -0.05) is 0 Å². The van der Waals surface area contributed by atoms with E-state index in [1.807, 2.05) is 18.2 Å². The summed E-state index contributed by atoms with van der Waals surface area (Å²) in [7, 11) is 0. The summed E-state index contributed by atoms with van der Waals surface area (Å²) in [6.07, 6.45) is -2.65. The minimum Gasteiger partial charge on any atom is -0.479 e. The van der Waals surface area contributed by atoms with E-state index in [2.05, 4.69) is 5.32 Å². The molecule has 0 spiro atoms. The Hall–Kier alpha value is -1.90. The van der Waals surface area contributed by atoms with Crippen molar-refractivity contribution in [1.82, 2.24) is 0 Å². The summed E-state index contributed by atoms with van der Waals surface area (Å²) >= 11 is 0. The monoisotopic (exact) mass is 298 g/mol. The van der Waals surface area contributed by atoms with Gasteiger partial charge in [-0.15, -0.1) is 0 Å². The summed E-state index contributed by atoms with van der Waals surface area (Å²) in [4.78, 5) is 0. The molecule has 21 heavy (non-hydrogen) atoms. The highest BCUT2D eigenvalue weighted by atomic mass is 19.4. The molecule has 0 heterocycles. The zero-order valence-electron chi connectivity index (χ0n) is 11.5. The third kappa shape index (κ3) is 4.55. The largest absolute Gasteiger partial charge is 0.479 e. The van der Waals surface area contributed by atoms with Crippen LogP contribution in [0.2, 0.25) is 0 Å². The number of nitriles is 1. The Morgan fingerprint density at radius 2 is 1.76 bits per heavy atom. The van der Waals surface area contributed by atoms with Crippen LogP contribution < -0.4 is 10.1 Å². The Kier molecular flexibility index (Phi) is 4.94. The third-order valence-corrected chi connectivity index (χ3v) is 3.72. The van der Waals surface area contributed by atoms with E-state index in [0.717, 1.165) is 5.69 Å². The SMILES string of the molecule is N#CCOc1ccc(NC2CCC(C(F)(F)F)CC2)cc1. The number of alkyl halides is 3. The molecule has 0 aromatic heterocycles. The van der Waals surface area contributed by atoms with Crippen LogP contribution >= 0.6 is 0 Å². The number of hydrogen-bond donors (Lipinski definition) is 1. The van der Waals surface area contributed by atoms with E-state index in [0.29, 0.717) is 18.6 Å². The lowest BCUT2D eigenvalue weighted by molar-refractivity contribution is -0.182. The van der Waals surface area contributed by atoms with Gasteiger partial charge in [0, 0.05) is 11.7 Å². The van der Waals surface area contributed by atoms with E-state index >= 15 is 0 Å². The predicted molar refractivity (Wildman–Crippen MR) is 73.0 cm³/mol. The van der Waals surface area contributed by atoms with E-state index in [4.69, 9.17) is 10.00 Å². The van der Waals surface area contributed by atoms with Crippen LogP contribution in [0.1, 0.15) is 25.7 Å². The van der Waals surface area contributed by atoms with Gasteiger partial charge in [-0.3, -0.25) is 0 Å². The molecule has 6 heteroatoms. The molecule has 1 aromatic carbocycles. The maximum absolute atomic E-state index is 12.6. The lowest BCUT2D eigenvalue weighted by Gasteiger charge is -2.30. The molecular formula is C15H17F3N2O. The van der Waals surface area contributed by atoms with Crippen LogP contribution in [0.5, 0.6) is 5.75 Å². The summed E-state index contributed by atoms with van der Waals surface area (Å²) in [5, 5.41) is 11.7.